The molecular weight excluding hydrogens is 284 g/mol. The maximum atomic E-state index is 12.4. The molecule has 0 aliphatic carbocycles. The van der Waals surface area contributed by atoms with Gasteiger partial charge in [-0.15, -0.1) is 0 Å². The van der Waals surface area contributed by atoms with Gasteiger partial charge in [-0.3, -0.25) is 18.8 Å². The highest BCUT2D eigenvalue weighted by molar-refractivity contribution is 7.84. The molecule has 1 aromatic carbocycles. The summed E-state index contributed by atoms with van der Waals surface area (Å²) < 4.78 is 13.7. The van der Waals surface area contributed by atoms with E-state index in [9.17, 15) is 9.00 Å². The minimum absolute atomic E-state index is 0.129. The Balaban J connectivity index is 2.30. The minimum Gasteiger partial charge on any atom is -0.299 e. The van der Waals surface area contributed by atoms with Crippen LogP contribution in [0.5, 0.6) is 0 Å². The Labute approximate surface area is 118 Å². The molecule has 2 aromatic rings. The summed E-state index contributed by atoms with van der Waals surface area (Å²) in [5.41, 5.74) is 2.33. The van der Waals surface area contributed by atoms with E-state index in [1.54, 1.807) is 7.05 Å². The van der Waals surface area contributed by atoms with Crippen LogP contribution in [0.3, 0.4) is 0 Å². The molecular formula is C13H15ClN2O2S. The molecule has 6 heteroatoms. The van der Waals surface area contributed by atoms with Crippen molar-refractivity contribution in [3.05, 3.63) is 50.4 Å². The second-order valence-electron chi connectivity index (χ2n) is 4.54. The molecule has 0 aliphatic rings. The number of nitrogens with one attached hydrogen (secondary N) is 1. The van der Waals surface area contributed by atoms with E-state index in [0.29, 0.717) is 10.7 Å². The normalized spacial score (nSPS) is 12.6. The van der Waals surface area contributed by atoms with Gasteiger partial charge in [0.05, 0.1) is 22.2 Å². The quantitative estimate of drug-likeness (QED) is 0.945. The van der Waals surface area contributed by atoms with Gasteiger partial charge in [-0.1, -0.05) is 11.6 Å². The van der Waals surface area contributed by atoms with Crippen LogP contribution in [-0.2, 0) is 23.6 Å². The fraction of sp³-hybridized carbons (Fsp3) is 0.308. The highest BCUT2D eigenvalue weighted by Crippen LogP contribution is 2.23. The van der Waals surface area contributed by atoms with Crippen LogP contribution in [0.15, 0.2) is 27.9 Å². The van der Waals surface area contributed by atoms with Crippen molar-refractivity contribution in [1.29, 1.82) is 0 Å². The van der Waals surface area contributed by atoms with Crippen molar-refractivity contribution in [3.63, 3.8) is 0 Å². The predicted octanol–water partition coefficient (Wildman–Crippen LogP) is 2.29. The third-order valence-corrected chi connectivity index (χ3v) is 4.84. The summed E-state index contributed by atoms with van der Waals surface area (Å²) in [5.74, 6) is 0.290. The summed E-state index contributed by atoms with van der Waals surface area (Å²) in [6, 6.07) is 5.13. The van der Waals surface area contributed by atoms with Gasteiger partial charge in [0.25, 0.3) is 5.56 Å². The van der Waals surface area contributed by atoms with E-state index in [2.05, 4.69) is 5.10 Å². The first kappa shape index (κ1) is 14.1. The van der Waals surface area contributed by atoms with E-state index in [1.165, 1.54) is 10.7 Å². The smallest absolute Gasteiger partial charge is 0.266 e. The first-order valence-electron chi connectivity index (χ1n) is 5.78. The Morgan fingerprint density at radius 3 is 2.53 bits per heavy atom. The van der Waals surface area contributed by atoms with E-state index in [1.807, 2.05) is 26.0 Å². The van der Waals surface area contributed by atoms with Gasteiger partial charge in [-0.2, -0.15) is 0 Å². The van der Waals surface area contributed by atoms with Crippen LogP contribution in [0.1, 0.15) is 16.8 Å². The minimum atomic E-state index is -1.20. The van der Waals surface area contributed by atoms with Crippen molar-refractivity contribution in [2.24, 2.45) is 7.05 Å². The molecule has 0 aliphatic heterocycles. The number of H-pyrrole nitrogens is 1. The lowest BCUT2D eigenvalue weighted by Crippen LogP contribution is -2.09. The summed E-state index contributed by atoms with van der Waals surface area (Å²) in [7, 11) is 0.430. The van der Waals surface area contributed by atoms with Crippen molar-refractivity contribution in [1.82, 2.24) is 9.78 Å². The molecule has 1 atom stereocenters. The summed E-state index contributed by atoms with van der Waals surface area (Å²) in [6.45, 7) is 3.76. The maximum Gasteiger partial charge on any atom is 0.266 e. The number of halogens is 1. The average molecular weight is 299 g/mol. The Morgan fingerprint density at radius 2 is 1.95 bits per heavy atom. The molecule has 2 rings (SSSR count). The number of rotatable bonds is 3. The molecule has 0 bridgehead atoms. The van der Waals surface area contributed by atoms with Crippen LogP contribution >= 0.6 is 11.6 Å². The number of hydrogen-bond acceptors (Lipinski definition) is 2. The Kier molecular flexibility index (Phi) is 3.96. The second kappa shape index (κ2) is 5.35. The molecule has 0 saturated carbocycles. The first-order chi connectivity index (χ1) is 8.88. The molecule has 4 nitrogen and oxygen atoms in total. The van der Waals surface area contributed by atoms with Crippen molar-refractivity contribution in [2.45, 2.75) is 24.5 Å². The number of aromatic nitrogens is 2. The molecule has 0 spiro atoms. The lowest BCUT2D eigenvalue weighted by molar-refractivity contribution is 0.679. The molecule has 1 unspecified atom stereocenters. The largest absolute Gasteiger partial charge is 0.299 e. The molecule has 102 valence electrons. The molecule has 0 radical (unpaired) electrons. The van der Waals surface area contributed by atoms with Gasteiger partial charge >= 0.3 is 0 Å². The highest BCUT2D eigenvalue weighted by Gasteiger charge is 2.12. The summed E-state index contributed by atoms with van der Waals surface area (Å²) in [6.07, 6.45) is 0. The Morgan fingerprint density at radius 1 is 1.26 bits per heavy atom. The molecule has 0 saturated heterocycles. The summed E-state index contributed by atoms with van der Waals surface area (Å²) in [5, 5.41) is 3.55. The monoisotopic (exact) mass is 298 g/mol. The molecule has 1 heterocycles. The fourth-order valence-corrected chi connectivity index (χ4v) is 3.37. The zero-order valence-electron chi connectivity index (χ0n) is 11.0. The van der Waals surface area contributed by atoms with E-state index >= 15 is 0 Å². The third kappa shape index (κ3) is 2.98. The molecule has 1 N–H and O–H groups in total. The number of hydrogen-bond donors (Lipinski definition) is 1. The standard InChI is InChI=1S/C13H15ClN2O2S/c1-8-5-12(9(2)4-11(8)14)19(18)7-10-6-13(17)16(3)15-10/h4-6,15H,7H2,1-3H3. The van der Waals surface area contributed by atoms with E-state index in [-0.39, 0.29) is 11.3 Å². The van der Waals surface area contributed by atoms with Gasteiger partial charge in [0.2, 0.25) is 0 Å². The number of aryl methyl sites for hydroxylation is 3. The van der Waals surface area contributed by atoms with Crippen LogP contribution < -0.4 is 5.56 Å². The van der Waals surface area contributed by atoms with E-state index in [4.69, 9.17) is 11.6 Å². The zero-order chi connectivity index (χ0) is 14.2. The van der Waals surface area contributed by atoms with Gasteiger partial charge in [0, 0.05) is 23.0 Å². The maximum absolute atomic E-state index is 12.4. The number of aromatic amines is 1. The zero-order valence-corrected chi connectivity index (χ0v) is 12.6. The van der Waals surface area contributed by atoms with Crippen LogP contribution in [0.25, 0.3) is 0 Å². The van der Waals surface area contributed by atoms with Crippen LogP contribution in [0.2, 0.25) is 5.02 Å². The first-order valence-corrected chi connectivity index (χ1v) is 7.48. The topological polar surface area (TPSA) is 54.9 Å². The SMILES string of the molecule is Cc1cc(S(=O)Cc2cc(=O)n(C)[nH]2)c(C)cc1Cl. The van der Waals surface area contributed by atoms with Gasteiger partial charge in [0.1, 0.15) is 0 Å². The van der Waals surface area contributed by atoms with Crippen LogP contribution in [-0.4, -0.2) is 14.0 Å². The highest BCUT2D eigenvalue weighted by atomic mass is 35.5. The fourth-order valence-electron chi connectivity index (χ4n) is 1.84. The van der Waals surface area contributed by atoms with Crippen LogP contribution in [0, 0.1) is 13.8 Å². The van der Waals surface area contributed by atoms with Crippen molar-refractivity contribution < 1.29 is 4.21 Å². The summed E-state index contributed by atoms with van der Waals surface area (Å²) >= 11 is 6.03. The van der Waals surface area contributed by atoms with Gasteiger partial charge in [-0.25, -0.2) is 0 Å². The second-order valence-corrected chi connectivity index (χ2v) is 6.36. The molecule has 1 aromatic heterocycles. The lowest BCUT2D eigenvalue weighted by atomic mass is 10.2. The van der Waals surface area contributed by atoms with Gasteiger partial charge in [0.15, 0.2) is 0 Å². The van der Waals surface area contributed by atoms with Crippen LogP contribution in [0.4, 0.5) is 0 Å². The predicted molar refractivity (Wildman–Crippen MR) is 77.1 cm³/mol. The van der Waals surface area contributed by atoms with Crippen molar-refractivity contribution in [2.75, 3.05) is 0 Å². The average Bonchev–Trinajstić information content (AvgIpc) is 2.62. The van der Waals surface area contributed by atoms with E-state index in [0.717, 1.165) is 16.0 Å². The van der Waals surface area contributed by atoms with Gasteiger partial charge < -0.3 is 0 Å². The summed E-state index contributed by atoms with van der Waals surface area (Å²) in [4.78, 5) is 12.1. The lowest BCUT2D eigenvalue weighted by Gasteiger charge is -2.08. The van der Waals surface area contributed by atoms with E-state index < -0.39 is 10.8 Å². The third-order valence-electron chi connectivity index (χ3n) is 2.93. The van der Waals surface area contributed by atoms with Gasteiger partial charge in [-0.05, 0) is 37.1 Å². The van der Waals surface area contributed by atoms with Crippen molar-refractivity contribution >= 4 is 22.4 Å². The Bertz CT molecular complexity index is 703. The molecule has 0 fully saturated rings. The number of nitrogens with zero attached hydrogens (tertiary/aromatic N) is 1. The Hall–Kier alpha value is -1.33. The van der Waals surface area contributed by atoms with Crippen molar-refractivity contribution in [3.8, 4) is 0 Å². The molecule has 0 amide bonds. The number of benzene rings is 1. The molecule has 19 heavy (non-hydrogen) atoms.